The van der Waals surface area contributed by atoms with E-state index in [2.05, 4.69) is 9.47 Å². The average molecular weight is 394 g/mol. The van der Waals surface area contributed by atoms with Crippen LogP contribution in [0.15, 0.2) is 29.3 Å². The van der Waals surface area contributed by atoms with Crippen molar-refractivity contribution in [3.63, 3.8) is 0 Å². The zero-order valence-corrected chi connectivity index (χ0v) is 16.8. The molecule has 3 rings (SSSR count). The van der Waals surface area contributed by atoms with E-state index in [1.807, 2.05) is 31.2 Å². The Morgan fingerprint density at radius 1 is 1.31 bits per heavy atom. The van der Waals surface area contributed by atoms with Crippen molar-refractivity contribution in [1.82, 2.24) is 9.47 Å². The summed E-state index contributed by atoms with van der Waals surface area (Å²) in [5.41, 5.74) is 1.79. The van der Waals surface area contributed by atoms with Gasteiger partial charge in [-0.15, -0.1) is 0 Å². The summed E-state index contributed by atoms with van der Waals surface area (Å²) in [6.45, 7) is 9.09. The van der Waals surface area contributed by atoms with Crippen LogP contribution < -0.4 is 4.80 Å². The van der Waals surface area contributed by atoms with Gasteiger partial charge in [0.1, 0.15) is 0 Å². The first kappa shape index (κ1) is 19.3. The molecular weight excluding hydrogens is 370 g/mol. The van der Waals surface area contributed by atoms with E-state index >= 15 is 0 Å². The van der Waals surface area contributed by atoms with Crippen molar-refractivity contribution in [1.29, 1.82) is 0 Å². The van der Waals surface area contributed by atoms with Gasteiger partial charge in [0.2, 0.25) is 0 Å². The largest absolute Gasteiger partial charge is 0.379 e. The number of ether oxygens (including phenoxy) is 1. The molecule has 2 heterocycles. The average Bonchev–Trinajstić information content (AvgIpc) is 2.92. The predicted molar refractivity (Wildman–Crippen MR) is 106 cm³/mol. The van der Waals surface area contributed by atoms with Crippen molar-refractivity contribution in [2.24, 2.45) is 4.99 Å². The standard InChI is InChI=1S/C19H24ClN3O2S/c1-14-18(15(2)24)26-19(21-17-6-3-5-16(20)13-17)23(14)8-4-7-22-9-11-25-12-10-22/h3,5-6,13H,4,7-12H2,1-2H3. The number of halogens is 1. The van der Waals surface area contributed by atoms with E-state index in [-0.39, 0.29) is 5.78 Å². The fourth-order valence-corrected chi connectivity index (χ4v) is 4.35. The molecule has 0 amide bonds. The van der Waals surface area contributed by atoms with Crippen LogP contribution in [0.4, 0.5) is 5.69 Å². The third-order valence-electron chi connectivity index (χ3n) is 4.47. The van der Waals surface area contributed by atoms with Gasteiger partial charge in [0, 0.05) is 43.8 Å². The molecule has 0 spiro atoms. The zero-order valence-electron chi connectivity index (χ0n) is 15.2. The van der Waals surface area contributed by atoms with Crippen molar-refractivity contribution in [3.05, 3.63) is 44.7 Å². The molecule has 1 aliphatic heterocycles. The number of nitrogens with zero attached hydrogens (tertiary/aromatic N) is 3. The second-order valence-corrected chi connectivity index (χ2v) is 7.82. The quantitative estimate of drug-likeness (QED) is 0.703. The summed E-state index contributed by atoms with van der Waals surface area (Å²) >= 11 is 7.53. The van der Waals surface area contributed by atoms with Crippen molar-refractivity contribution in [2.45, 2.75) is 26.8 Å². The summed E-state index contributed by atoms with van der Waals surface area (Å²) in [5.74, 6) is 0.0852. The molecular formula is C19H24ClN3O2S. The van der Waals surface area contributed by atoms with Gasteiger partial charge in [-0.2, -0.15) is 0 Å². The number of hydrogen-bond acceptors (Lipinski definition) is 5. The molecule has 1 aromatic heterocycles. The third kappa shape index (κ3) is 4.82. The highest BCUT2D eigenvalue weighted by Crippen LogP contribution is 2.19. The van der Waals surface area contributed by atoms with Crippen molar-refractivity contribution >= 4 is 34.4 Å². The van der Waals surface area contributed by atoms with Crippen LogP contribution in [0.1, 0.15) is 28.7 Å². The Morgan fingerprint density at radius 2 is 2.08 bits per heavy atom. The Labute approximate surface area is 162 Å². The molecule has 0 saturated carbocycles. The van der Waals surface area contributed by atoms with E-state index in [4.69, 9.17) is 21.3 Å². The van der Waals surface area contributed by atoms with Gasteiger partial charge in [-0.25, -0.2) is 4.99 Å². The maximum Gasteiger partial charge on any atom is 0.190 e. The van der Waals surface area contributed by atoms with Crippen LogP contribution in [0.5, 0.6) is 0 Å². The lowest BCUT2D eigenvalue weighted by atomic mass is 10.3. The molecule has 0 radical (unpaired) electrons. The Morgan fingerprint density at radius 3 is 2.77 bits per heavy atom. The minimum Gasteiger partial charge on any atom is -0.379 e. The minimum absolute atomic E-state index is 0.0852. The summed E-state index contributed by atoms with van der Waals surface area (Å²) < 4.78 is 7.56. The van der Waals surface area contributed by atoms with E-state index in [9.17, 15) is 4.79 Å². The smallest absolute Gasteiger partial charge is 0.190 e. The number of benzene rings is 1. The summed E-state index contributed by atoms with van der Waals surface area (Å²) in [6, 6.07) is 7.47. The number of rotatable bonds is 6. The molecule has 5 nitrogen and oxygen atoms in total. The first-order chi connectivity index (χ1) is 12.5. The predicted octanol–water partition coefficient (Wildman–Crippen LogP) is 3.67. The maximum atomic E-state index is 12.0. The third-order valence-corrected chi connectivity index (χ3v) is 5.99. The highest BCUT2D eigenvalue weighted by Gasteiger charge is 2.15. The fraction of sp³-hybridized carbons (Fsp3) is 0.474. The van der Waals surface area contributed by atoms with Gasteiger partial charge in [-0.1, -0.05) is 29.0 Å². The topological polar surface area (TPSA) is 46.8 Å². The first-order valence-electron chi connectivity index (χ1n) is 8.86. The van der Waals surface area contributed by atoms with Gasteiger partial charge in [0.05, 0.1) is 23.8 Å². The van der Waals surface area contributed by atoms with Gasteiger partial charge >= 0.3 is 0 Å². The highest BCUT2D eigenvalue weighted by molar-refractivity contribution is 7.11. The minimum atomic E-state index is 0.0852. The summed E-state index contributed by atoms with van der Waals surface area (Å²) in [5, 5.41) is 0.658. The molecule has 2 aromatic rings. The molecule has 0 N–H and O–H groups in total. The fourth-order valence-electron chi connectivity index (χ4n) is 3.09. The second-order valence-electron chi connectivity index (χ2n) is 6.41. The van der Waals surface area contributed by atoms with Gasteiger partial charge < -0.3 is 9.30 Å². The maximum absolute atomic E-state index is 12.0. The molecule has 1 aromatic carbocycles. The molecule has 140 valence electrons. The summed E-state index contributed by atoms with van der Waals surface area (Å²) in [7, 11) is 0. The number of morpholine rings is 1. The van der Waals surface area contributed by atoms with E-state index < -0.39 is 0 Å². The normalized spacial score (nSPS) is 16.2. The van der Waals surface area contributed by atoms with Crippen LogP contribution in [0, 0.1) is 6.92 Å². The van der Waals surface area contributed by atoms with Crippen molar-refractivity contribution in [3.8, 4) is 0 Å². The van der Waals surface area contributed by atoms with E-state index in [1.54, 1.807) is 6.92 Å². The molecule has 1 aliphatic rings. The SMILES string of the molecule is CC(=O)c1sc(=Nc2cccc(Cl)c2)n(CCCN2CCOCC2)c1C. The number of ketones is 1. The molecule has 26 heavy (non-hydrogen) atoms. The van der Waals surface area contributed by atoms with Crippen LogP contribution in [0.25, 0.3) is 0 Å². The molecule has 1 fully saturated rings. The van der Waals surface area contributed by atoms with Crippen LogP contribution in [0.3, 0.4) is 0 Å². The van der Waals surface area contributed by atoms with Crippen LogP contribution in [0.2, 0.25) is 5.02 Å². The molecule has 0 aliphatic carbocycles. The number of thiazole rings is 1. The van der Waals surface area contributed by atoms with Gasteiger partial charge in [-0.3, -0.25) is 9.69 Å². The Hall–Kier alpha value is -1.47. The number of Topliss-reactive ketones (excluding diaryl/α,β-unsaturated/α-hetero) is 1. The number of aromatic nitrogens is 1. The molecule has 0 unspecified atom stereocenters. The second kappa shape index (κ2) is 8.95. The Kier molecular flexibility index (Phi) is 6.64. The lowest BCUT2D eigenvalue weighted by Crippen LogP contribution is -2.37. The number of carbonyl (C=O) groups is 1. The van der Waals surface area contributed by atoms with Gasteiger partial charge in [0.25, 0.3) is 0 Å². The molecule has 1 saturated heterocycles. The lowest BCUT2D eigenvalue weighted by molar-refractivity contribution is 0.0369. The lowest BCUT2D eigenvalue weighted by Gasteiger charge is -2.26. The van der Waals surface area contributed by atoms with Gasteiger partial charge in [-0.05, 0) is 31.5 Å². The molecule has 0 atom stereocenters. The number of carbonyl (C=O) groups excluding carboxylic acids is 1. The van der Waals surface area contributed by atoms with Crippen LogP contribution in [-0.2, 0) is 11.3 Å². The van der Waals surface area contributed by atoms with Crippen molar-refractivity contribution < 1.29 is 9.53 Å². The zero-order chi connectivity index (χ0) is 18.5. The number of hydrogen-bond donors (Lipinski definition) is 0. The summed E-state index contributed by atoms with van der Waals surface area (Å²) in [4.78, 5) is 20.8. The van der Waals surface area contributed by atoms with Crippen LogP contribution in [-0.4, -0.2) is 48.1 Å². The van der Waals surface area contributed by atoms with Crippen LogP contribution >= 0.6 is 22.9 Å². The molecule has 7 heteroatoms. The Bertz CT molecular complexity index is 838. The van der Waals surface area contributed by atoms with E-state index in [0.717, 1.165) is 66.9 Å². The van der Waals surface area contributed by atoms with E-state index in [1.165, 1.54) is 11.3 Å². The van der Waals surface area contributed by atoms with E-state index in [0.29, 0.717) is 5.02 Å². The first-order valence-corrected chi connectivity index (χ1v) is 10.1. The van der Waals surface area contributed by atoms with Crippen molar-refractivity contribution in [2.75, 3.05) is 32.8 Å². The van der Waals surface area contributed by atoms with Gasteiger partial charge in [0.15, 0.2) is 10.6 Å². The summed E-state index contributed by atoms with van der Waals surface area (Å²) in [6.07, 6.45) is 1.01. The monoisotopic (exact) mass is 393 g/mol. The highest BCUT2D eigenvalue weighted by atomic mass is 35.5. The molecule has 0 bridgehead atoms. The Balaban J connectivity index is 1.83.